The number of nitrogens with two attached hydrogens (primary N) is 1. The maximum absolute atomic E-state index is 5.62. The zero-order valence-corrected chi connectivity index (χ0v) is 12.6. The summed E-state index contributed by atoms with van der Waals surface area (Å²) in [5.41, 5.74) is 6.04. The van der Waals surface area contributed by atoms with Crippen molar-refractivity contribution < 1.29 is 0 Å². The van der Waals surface area contributed by atoms with Gasteiger partial charge < -0.3 is 10.6 Å². The molecule has 16 heavy (non-hydrogen) atoms. The van der Waals surface area contributed by atoms with Gasteiger partial charge in [0.2, 0.25) is 0 Å². The Morgan fingerprint density at radius 1 is 1.31 bits per heavy atom. The van der Waals surface area contributed by atoms with Gasteiger partial charge in [0, 0.05) is 11.8 Å². The van der Waals surface area contributed by atoms with E-state index in [4.69, 9.17) is 5.73 Å². The first kappa shape index (κ1) is 16.3. The second kappa shape index (κ2) is 8.37. The van der Waals surface area contributed by atoms with E-state index in [1.807, 2.05) is 11.8 Å². The van der Waals surface area contributed by atoms with Gasteiger partial charge in [-0.15, -0.1) is 0 Å². The minimum Gasteiger partial charge on any atom is -0.330 e. The molecule has 1 atom stereocenters. The highest BCUT2D eigenvalue weighted by Gasteiger charge is 2.17. The third kappa shape index (κ3) is 7.53. The summed E-state index contributed by atoms with van der Waals surface area (Å²) >= 11 is 1.93. The van der Waals surface area contributed by atoms with Crippen LogP contribution >= 0.6 is 11.8 Å². The van der Waals surface area contributed by atoms with Crippen LogP contribution in [0.15, 0.2) is 0 Å². The number of rotatable bonds is 9. The van der Waals surface area contributed by atoms with E-state index in [9.17, 15) is 0 Å². The lowest BCUT2D eigenvalue weighted by Crippen LogP contribution is -2.32. The zero-order chi connectivity index (χ0) is 12.6. The molecule has 0 aromatic carbocycles. The molecule has 0 fully saturated rings. The molecule has 0 radical (unpaired) electrons. The zero-order valence-electron chi connectivity index (χ0n) is 11.8. The molecule has 0 aliphatic carbocycles. The lowest BCUT2D eigenvalue weighted by Gasteiger charge is -2.28. The quantitative estimate of drug-likeness (QED) is 0.678. The van der Waals surface area contributed by atoms with Crippen molar-refractivity contribution in [3.8, 4) is 0 Å². The van der Waals surface area contributed by atoms with Gasteiger partial charge in [0.1, 0.15) is 0 Å². The molecule has 0 bridgehead atoms. The molecular weight excluding hydrogens is 216 g/mol. The lowest BCUT2D eigenvalue weighted by atomic mass is 9.84. The Morgan fingerprint density at radius 2 is 1.94 bits per heavy atom. The molecule has 98 valence electrons. The maximum atomic E-state index is 5.62. The van der Waals surface area contributed by atoms with Gasteiger partial charge in [0.15, 0.2) is 0 Å². The molecule has 0 heterocycles. The molecule has 2 nitrogen and oxygen atoms in total. The van der Waals surface area contributed by atoms with Crippen LogP contribution < -0.4 is 5.73 Å². The molecule has 0 aliphatic heterocycles. The van der Waals surface area contributed by atoms with Gasteiger partial charge in [0.25, 0.3) is 0 Å². The predicted octanol–water partition coefficient (Wildman–Crippen LogP) is 2.82. The van der Waals surface area contributed by atoms with E-state index in [1.165, 1.54) is 25.1 Å². The van der Waals surface area contributed by atoms with Crippen LogP contribution in [0.3, 0.4) is 0 Å². The third-order valence-electron chi connectivity index (χ3n) is 3.35. The van der Waals surface area contributed by atoms with Gasteiger partial charge in [-0.05, 0) is 58.0 Å². The first-order valence-corrected chi connectivity index (χ1v) is 7.71. The third-order valence-corrected chi connectivity index (χ3v) is 4.16. The average Bonchev–Trinajstić information content (AvgIpc) is 2.17. The molecule has 0 aromatic rings. The summed E-state index contributed by atoms with van der Waals surface area (Å²) in [6.07, 6.45) is 5.87. The number of hydrogen-bond donors (Lipinski definition) is 1. The summed E-state index contributed by atoms with van der Waals surface area (Å²) in [7, 11) is 2.23. The van der Waals surface area contributed by atoms with Crippen molar-refractivity contribution in [1.82, 2.24) is 4.90 Å². The summed E-state index contributed by atoms with van der Waals surface area (Å²) in [6, 6.07) is 0.688. The first-order chi connectivity index (χ1) is 7.43. The maximum Gasteiger partial charge on any atom is 0.0154 e. The van der Waals surface area contributed by atoms with Gasteiger partial charge in [-0.1, -0.05) is 13.8 Å². The molecule has 0 saturated carbocycles. The molecule has 3 heteroatoms. The second-order valence-corrected chi connectivity index (χ2v) is 6.50. The fourth-order valence-electron chi connectivity index (χ4n) is 1.91. The molecule has 0 rings (SSSR count). The Hall–Kier alpha value is 0.270. The van der Waals surface area contributed by atoms with Crippen LogP contribution in [-0.4, -0.2) is 43.1 Å². The Labute approximate surface area is 106 Å². The van der Waals surface area contributed by atoms with Crippen molar-refractivity contribution in [3.63, 3.8) is 0 Å². The minimum atomic E-state index is 0.415. The van der Waals surface area contributed by atoms with Crippen molar-refractivity contribution in [3.05, 3.63) is 0 Å². The molecule has 0 amide bonds. The summed E-state index contributed by atoms with van der Waals surface area (Å²) < 4.78 is 0. The summed E-state index contributed by atoms with van der Waals surface area (Å²) in [5.74, 6) is 1.22. The van der Waals surface area contributed by atoms with Crippen molar-refractivity contribution in [2.45, 2.75) is 46.1 Å². The van der Waals surface area contributed by atoms with Crippen LogP contribution in [-0.2, 0) is 0 Å². The molecule has 0 aromatic heterocycles. The smallest absolute Gasteiger partial charge is 0.0154 e. The second-order valence-electron chi connectivity index (χ2n) is 5.59. The summed E-state index contributed by atoms with van der Waals surface area (Å²) in [4.78, 5) is 2.47. The molecule has 2 N–H and O–H groups in total. The Morgan fingerprint density at radius 3 is 2.44 bits per heavy atom. The highest BCUT2D eigenvalue weighted by atomic mass is 32.2. The highest BCUT2D eigenvalue weighted by Crippen LogP contribution is 2.25. The number of nitrogens with zero attached hydrogens (tertiary/aromatic N) is 1. The fraction of sp³-hybridized carbons (Fsp3) is 1.00. The monoisotopic (exact) mass is 246 g/mol. The molecular formula is C13H30N2S. The summed E-state index contributed by atoms with van der Waals surface area (Å²) in [6.45, 7) is 8.97. The number of hydrogen-bond acceptors (Lipinski definition) is 3. The van der Waals surface area contributed by atoms with E-state index >= 15 is 0 Å². The Bertz CT molecular complexity index is 171. The first-order valence-electron chi connectivity index (χ1n) is 6.32. The average molecular weight is 246 g/mol. The normalized spacial score (nSPS) is 14.4. The molecule has 0 aliphatic rings. The lowest BCUT2D eigenvalue weighted by molar-refractivity contribution is 0.237. The van der Waals surface area contributed by atoms with Crippen LogP contribution in [0.25, 0.3) is 0 Å². The van der Waals surface area contributed by atoms with Gasteiger partial charge in [-0.3, -0.25) is 0 Å². The molecule has 0 spiro atoms. The molecule has 1 unspecified atom stereocenters. The van der Waals surface area contributed by atoms with Crippen molar-refractivity contribution in [2.75, 3.05) is 32.1 Å². The largest absolute Gasteiger partial charge is 0.330 e. The van der Waals surface area contributed by atoms with Gasteiger partial charge in [-0.25, -0.2) is 0 Å². The SMILES string of the molecule is CSCC(C)N(C)CCCC(C)(C)CCN. The van der Waals surface area contributed by atoms with Crippen LogP contribution in [0.1, 0.15) is 40.0 Å². The molecule has 0 saturated heterocycles. The van der Waals surface area contributed by atoms with Gasteiger partial charge in [-0.2, -0.15) is 11.8 Å². The van der Waals surface area contributed by atoms with E-state index < -0.39 is 0 Å². The number of thioether (sulfide) groups is 1. The van der Waals surface area contributed by atoms with Gasteiger partial charge >= 0.3 is 0 Å². The standard InChI is InChI=1S/C13H30N2S/c1-12(11-16-5)15(4)10-6-7-13(2,3)8-9-14/h12H,6-11,14H2,1-5H3. The predicted molar refractivity (Wildman–Crippen MR) is 77.2 cm³/mol. The van der Waals surface area contributed by atoms with Crippen LogP contribution in [0.2, 0.25) is 0 Å². The van der Waals surface area contributed by atoms with Crippen LogP contribution in [0.5, 0.6) is 0 Å². The van der Waals surface area contributed by atoms with Crippen molar-refractivity contribution in [2.24, 2.45) is 11.1 Å². The van der Waals surface area contributed by atoms with E-state index in [-0.39, 0.29) is 0 Å². The van der Waals surface area contributed by atoms with E-state index in [0.717, 1.165) is 13.0 Å². The van der Waals surface area contributed by atoms with Crippen LogP contribution in [0, 0.1) is 5.41 Å². The van der Waals surface area contributed by atoms with Crippen molar-refractivity contribution >= 4 is 11.8 Å². The fourth-order valence-corrected chi connectivity index (χ4v) is 2.65. The van der Waals surface area contributed by atoms with Gasteiger partial charge in [0.05, 0.1) is 0 Å². The summed E-state index contributed by atoms with van der Waals surface area (Å²) in [5, 5.41) is 0. The van der Waals surface area contributed by atoms with E-state index in [2.05, 4.69) is 39.0 Å². The van der Waals surface area contributed by atoms with Crippen LogP contribution in [0.4, 0.5) is 0 Å². The Kier molecular flexibility index (Phi) is 8.52. The van der Waals surface area contributed by atoms with E-state index in [1.54, 1.807) is 0 Å². The highest BCUT2D eigenvalue weighted by molar-refractivity contribution is 7.98. The van der Waals surface area contributed by atoms with Crippen molar-refractivity contribution in [1.29, 1.82) is 0 Å². The topological polar surface area (TPSA) is 29.3 Å². The minimum absolute atomic E-state index is 0.415. The Balaban J connectivity index is 3.72. The van der Waals surface area contributed by atoms with E-state index in [0.29, 0.717) is 11.5 Å².